The molecule has 2 aromatic rings. The second-order valence-electron chi connectivity index (χ2n) is 3.46. The molecule has 1 aromatic carbocycles. The lowest BCUT2D eigenvalue weighted by molar-refractivity contribution is 0.395. The smallest absolute Gasteiger partial charge is 0.217 e. The Balaban J connectivity index is 2.48. The normalized spacial score (nSPS) is 10.1. The number of hydrogen-bond acceptors (Lipinski definition) is 3. The van der Waals surface area contributed by atoms with Gasteiger partial charge in [-0.25, -0.2) is 0 Å². The van der Waals surface area contributed by atoms with Crippen molar-refractivity contribution < 1.29 is 4.74 Å². The third-order valence-electron chi connectivity index (χ3n) is 2.30. The van der Waals surface area contributed by atoms with Gasteiger partial charge in [0.1, 0.15) is 0 Å². The van der Waals surface area contributed by atoms with E-state index in [1.807, 2.05) is 35.0 Å². The van der Waals surface area contributed by atoms with Gasteiger partial charge in [-0.05, 0) is 31.3 Å². The molecule has 0 aliphatic rings. The molecule has 0 atom stereocenters. The second-order valence-corrected chi connectivity index (χ2v) is 3.82. The lowest BCUT2D eigenvalue weighted by Gasteiger charge is -2.07. The average molecular weight is 232 g/mol. The van der Waals surface area contributed by atoms with Crippen LogP contribution >= 0.6 is 12.2 Å². The Kier molecular flexibility index (Phi) is 3.01. The van der Waals surface area contributed by atoms with Crippen molar-refractivity contribution in [2.75, 3.05) is 7.11 Å². The first-order valence-corrected chi connectivity index (χ1v) is 5.32. The number of benzene rings is 1. The number of ether oxygens (including phenoxy) is 1. The molecule has 0 N–H and O–H groups in total. The number of methoxy groups -OCH3 is 1. The van der Waals surface area contributed by atoms with E-state index < -0.39 is 0 Å². The summed E-state index contributed by atoms with van der Waals surface area (Å²) in [6.45, 7) is 2.05. The maximum atomic E-state index is 5.19. The maximum Gasteiger partial charge on any atom is 0.217 e. The van der Waals surface area contributed by atoms with Crippen molar-refractivity contribution in [2.45, 2.75) is 6.92 Å². The zero-order chi connectivity index (χ0) is 11.5. The molecule has 1 aromatic heterocycles. The first kappa shape index (κ1) is 10.8. The van der Waals surface area contributed by atoms with Crippen molar-refractivity contribution in [3.63, 3.8) is 0 Å². The van der Waals surface area contributed by atoms with E-state index in [4.69, 9.17) is 17.0 Å². The number of rotatable bonds is 2. The molecule has 0 unspecified atom stereocenters. The fraction of sp³-hybridized carbons (Fsp3) is 0.167. The van der Waals surface area contributed by atoms with Gasteiger partial charge in [-0.3, -0.25) is 4.57 Å². The van der Waals surface area contributed by atoms with E-state index in [1.54, 1.807) is 13.2 Å². The van der Waals surface area contributed by atoms with Crippen molar-refractivity contribution in [1.29, 1.82) is 0 Å². The third-order valence-corrected chi connectivity index (χ3v) is 2.59. The van der Waals surface area contributed by atoms with E-state index in [-0.39, 0.29) is 0 Å². The number of hydrogen-bond donors (Lipinski definition) is 0. The van der Waals surface area contributed by atoms with Gasteiger partial charge in [0, 0.05) is 18.0 Å². The van der Waals surface area contributed by atoms with Gasteiger partial charge in [-0.15, -0.1) is 0 Å². The molecule has 16 heavy (non-hydrogen) atoms. The predicted octanol–water partition coefficient (Wildman–Crippen LogP) is 2.92. The van der Waals surface area contributed by atoms with E-state index in [0.29, 0.717) is 10.7 Å². The summed E-state index contributed by atoms with van der Waals surface area (Å²) >= 11 is 5.19. The second kappa shape index (κ2) is 4.45. The standard InChI is InChI=1S/C12H12N2OS/c1-9-3-5-10(6-4-9)14-8-7-11(15-2)13-12(14)16/h3-8H,1-2H3. The van der Waals surface area contributed by atoms with E-state index >= 15 is 0 Å². The molecule has 0 amide bonds. The highest BCUT2D eigenvalue weighted by Crippen LogP contribution is 2.12. The van der Waals surface area contributed by atoms with Gasteiger partial charge < -0.3 is 4.74 Å². The van der Waals surface area contributed by atoms with Crippen LogP contribution in [0.4, 0.5) is 0 Å². The summed E-state index contributed by atoms with van der Waals surface area (Å²) in [6, 6.07) is 9.90. The van der Waals surface area contributed by atoms with E-state index in [1.165, 1.54) is 5.56 Å². The number of nitrogens with zero attached hydrogens (tertiary/aromatic N) is 2. The average Bonchev–Trinajstić information content (AvgIpc) is 2.30. The van der Waals surface area contributed by atoms with Crippen LogP contribution in [0.1, 0.15) is 5.56 Å². The molecule has 0 radical (unpaired) electrons. The van der Waals surface area contributed by atoms with E-state index in [9.17, 15) is 0 Å². The van der Waals surface area contributed by atoms with Gasteiger partial charge in [-0.2, -0.15) is 4.98 Å². The summed E-state index contributed by atoms with van der Waals surface area (Å²) < 4.78 is 7.35. The first-order valence-electron chi connectivity index (χ1n) is 4.91. The van der Waals surface area contributed by atoms with Crippen LogP contribution in [0.3, 0.4) is 0 Å². The topological polar surface area (TPSA) is 27.1 Å². The molecule has 82 valence electrons. The molecule has 0 aliphatic carbocycles. The van der Waals surface area contributed by atoms with E-state index in [0.717, 1.165) is 5.69 Å². The lowest BCUT2D eigenvalue weighted by Crippen LogP contribution is -2.00. The zero-order valence-corrected chi connectivity index (χ0v) is 9.99. The Bertz CT molecular complexity index is 546. The summed E-state index contributed by atoms with van der Waals surface area (Å²) in [5.74, 6) is 0.536. The largest absolute Gasteiger partial charge is 0.481 e. The quantitative estimate of drug-likeness (QED) is 0.745. The van der Waals surface area contributed by atoms with Crippen LogP contribution in [-0.2, 0) is 0 Å². The molecule has 2 rings (SSSR count). The lowest BCUT2D eigenvalue weighted by atomic mass is 10.2. The van der Waals surface area contributed by atoms with Crippen LogP contribution < -0.4 is 4.74 Å². The Morgan fingerprint density at radius 1 is 1.19 bits per heavy atom. The molecule has 3 nitrogen and oxygen atoms in total. The minimum atomic E-state index is 0.489. The van der Waals surface area contributed by atoms with Crippen LogP contribution in [0.15, 0.2) is 36.5 Å². The summed E-state index contributed by atoms with van der Waals surface area (Å²) in [4.78, 5) is 4.15. The number of aryl methyl sites for hydroxylation is 1. The molecule has 1 heterocycles. The minimum absolute atomic E-state index is 0.489. The molecule has 0 bridgehead atoms. The van der Waals surface area contributed by atoms with Gasteiger partial charge in [0.15, 0.2) is 0 Å². The summed E-state index contributed by atoms with van der Waals surface area (Å²) in [5, 5.41) is 0. The Labute approximate surface area is 99.3 Å². The van der Waals surface area contributed by atoms with Crippen LogP contribution in [0.25, 0.3) is 5.69 Å². The van der Waals surface area contributed by atoms with Crippen LogP contribution in [0.2, 0.25) is 0 Å². The highest BCUT2D eigenvalue weighted by molar-refractivity contribution is 7.71. The summed E-state index contributed by atoms with van der Waals surface area (Å²) in [6.07, 6.45) is 1.86. The fourth-order valence-electron chi connectivity index (χ4n) is 1.40. The van der Waals surface area contributed by atoms with Crippen molar-refractivity contribution in [3.05, 3.63) is 46.9 Å². The van der Waals surface area contributed by atoms with Crippen molar-refractivity contribution >= 4 is 12.2 Å². The molecular formula is C12H12N2OS. The molecule has 0 spiro atoms. The summed E-state index contributed by atoms with van der Waals surface area (Å²) in [5.41, 5.74) is 2.22. The summed E-state index contributed by atoms with van der Waals surface area (Å²) in [7, 11) is 1.58. The minimum Gasteiger partial charge on any atom is -0.481 e. The van der Waals surface area contributed by atoms with Crippen molar-refractivity contribution in [2.24, 2.45) is 0 Å². The highest BCUT2D eigenvalue weighted by atomic mass is 32.1. The Morgan fingerprint density at radius 3 is 2.44 bits per heavy atom. The van der Waals surface area contributed by atoms with Crippen LogP contribution in [-0.4, -0.2) is 16.7 Å². The highest BCUT2D eigenvalue weighted by Gasteiger charge is 1.99. The van der Waals surface area contributed by atoms with Gasteiger partial charge in [0.2, 0.25) is 10.7 Å². The van der Waals surface area contributed by atoms with Crippen LogP contribution in [0, 0.1) is 11.7 Å². The van der Waals surface area contributed by atoms with Crippen molar-refractivity contribution in [3.8, 4) is 11.6 Å². The molecule has 0 fully saturated rings. The molecule has 0 aliphatic heterocycles. The van der Waals surface area contributed by atoms with E-state index in [2.05, 4.69) is 11.9 Å². The predicted molar refractivity (Wildman–Crippen MR) is 65.7 cm³/mol. The fourth-order valence-corrected chi connectivity index (χ4v) is 1.66. The zero-order valence-electron chi connectivity index (χ0n) is 9.18. The van der Waals surface area contributed by atoms with Crippen LogP contribution in [0.5, 0.6) is 5.88 Å². The van der Waals surface area contributed by atoms with Gasteiger partial charge in [0.25, 0.3) is 0 Å². The number of aromatic nitrogens is 2. The maximum absolute atomic E-state index is 5.19. The SMILES string of the molecule is COc1ccn(-c2ccc(C)cc2)c(=S)n1. The van der Waals surface area contributed by atoms with Gasteiger partial charge in [0.05, 0.1) is 7.11 Å². The van der Waals surface area contributed by atoms with Gasteiger partial charge in [-0.1, -0.05) is 17.7 Å². The third kappa shape index (κ3) is 2.12. The van der Waals surface area contributed by atoms with Crippen molar-refractivity contribution in [1.82, 2.24) is 9.55 Å². The molecular weight excluding hydrogens is 220 g/mol. The molecule has 0 saturated heterocycles. The Morgan fingerprint density at radius 2 is 1.88 bits per heavy atom. The van der Waals surface area contributed by atoms with Gasteiger partial charge >= 0.3 is 0 Å². The molecule has 4 heteroatoms. The molecule has 0 saturated carbocycles. The Hall–Kier alpha value is -1.68. The first-order chi connectivity index (χ1) is 7.70. The monoisotopic (exact) mass is 232 g/mol.